The highest BCUT2D eigenvalue weighted by Crippen LogP contribution is 2.25. The molecule has 0 atom stereocenters. The van der Waals surface area contributed by atoms with Crippen molar-refractivity contribution < 1.29 is 0 Å². The molecule has 0 fully saturated rings. The molecule has 0 bridgehead atoms. The van der Waals surface area contributed by atoms with Gasteiger partial charge in [0.25, 0.3) is 0 Å². The van der Waals surface area contributed by atoms with Crippen LogP contribution >= 0.6 is 11.3 Å². The van der Waals surface area contributed by atoms with Crippen LogP contribution in [0.5, 0.6) is 0 Å². The summed E-state index contributed by atoms with van der Waals surface area (Å²) in [5.74, 6) is 0.827. The van der Waals surface area contributed by atoms with Crippen molar-refractivity contribution >= 4 is 38.5 Å². The van der Waals surface area contributed by atoms with Crippen molar-refractivity contribution in [3.05, 3.63) is 41.4 Å². The highest BCUT2D eigenvalue weighted by atomic mass is 32.1. The Morgan fingerprint density at radius 1 is 1.17 bits per heavy atom. The van der Waals surface area contributed by atoms with Crippen LogP contribution in [-0.2, 0) is 6.54 Å². The zero-order chi connectivity index (χ0) is 16.0. The summed E-state index contributed by atoms with van der Waals surface area (Å²) in [5, 5.41) is 1.05. The van der Waals surface area contributed by atoms with Crippen LogP contribution in [0.1, 0.15) is 10.6 Å². The molecule has 0 saturated carbocycles. The van der Waals surface area contributed by atoms with E-state index < -0.39 is 0 Å². The van der Waals surface area contributed by atoms with Gasteiger partial charge in [-0.3, -0.25) is 0 Å². The van der Waals surface area contributed by atoms with Gasteiger partial charge in [-0.25, -0.2) is 19.9 Å². The zero-order valence-electron chi connectivity index (χ0n) is 13.2. The zero-order valence-corrected chi connectivity index (χ0v) is 14.0. The van der Waals surface area contributed by atoms with Gasteiger partial charge in [0.05, 0.1) is 23.1 Å². The van der Waals surface area contributed by atoms with Gasteiger partial charge >= 0.3 is 0 Å². The maximum absolute atomic E-state index is 4.73. The monoisotopic (exact) mass is 324 g/mol. The average molecular weight is 324 g/mol. The molecule has 23 heavy (non-hydrogen) atoms. The van der Waals surface area contributed by atoms with Crippen LogP contribution in [0.2, 0.25) is 0 Å². The molecule has 1 aromatic carbocycles. The first-order valence-corrected chi connectivity index (χ1v) is 8.13. The second-order valence-corrected chi connectivity index (χ2v) is 6.83. The first-order chi connectivity index (χ1) is 11.1. The van der Waals surface area contributed by atoms with E-state index in [1.807, 2.05) is 29.9 Å². The van der Waals surface area contributed by atoms with Gasteiger partial charge in [-0.2, -0.15) is 0 Å². The van der Waals surface area contributed by atoms with Crippen molar-refractivity contribution in [2.75, 3.05) is 19.0 Å². The fraction of sp³-hybridized carbons (Fsp3) is 0.250. The van der Waals surface area contributed by atoms with Crippen molar-refractivity contribution in [2.45, 2.75) is 13.5 Å². The Morgan fingerprint density at radius 3 is 2.87 bits per heavy atom. The third-order valence-electron chi connectivity index (χ3n) is 3.70. The topological polar surface area (TPSA) is 59.7 Å². The van der Waals surface area contributed by atoms with Crippen molar-refractivity contribution in [2.24, 2.45) is 0 Å². The van der Waals surface area contributed by atoms with Gasteiger partial charge in [-0.1, -0.05) is 6.07 Å². The first-order valence-electron chi connectivity index (χ1n) is 7.31. The third-order valence-corrected chi connectivity index (χ3v) is 4.72. The number of nitrogens with zero attached hydrogens (tertiary/aromatic N) is 6. The van der Waals surface area contributed by atoms with Gasteiger partial charge in [-0.15, -0.1) is 11.3 Å². The van der Waals surface area contributed by atoms with Gasteiger partial charge in [0.2, 0.25) is 0 Å². The van der Waals surface area contributed by atoms with Crippen LogP contribution < -0.4 is 4.90 Å². The van der Waals surface area contributed by atoms with E-state index in [0.717, 1.165) is 27.5 Å². The van der Waals surface area contributed by atoms with E-state index in [9.17, 15) is 0 Å². The summed E-state index contributed by atoms with van der Waals surface area (Å²) in [6.45, 7) is 2.75. The Bertz CT molecular complexity index is 1000. The van der Waals surface area contributed by atoms with E-state index in [1.54, 1.807) is 17.7 Å². The molecular formula is C16H16N6S. The average Bonchev–Trinajstić information content (AvgIpc) is 3.10. The normalized spacial score (nSPS) is 11.4. The lowest BCUT2D eigenvalue weighted by Gasteiger charge is -2.10. The maximum atomic E-state index is 4.73. The van der Waals surface area contributed by atoms with Crippen molar-refractivity contribution in [3.8, 4) is 0 Å². The minimum Gasteiger partial charge on any atom is -0.361 e. The molecule has 3 aromatic heterocycles. The number of rotatable bonds is 3. The smallest absolute Gasteiger partial charge is 0.165 e. The largest absolute Gasteiger partial charge is 0.361 e. The van der Waals surface area contributed by atoms with Crippen LogP contribution in [0.15, 0.2) is 30.9 Å². The van der Waals surface area contributed by atoms with Crippen LogP contribution in [-0.4, -0.2) is 38.6 Å². The van der Waals surface area contributed by atoms with E-state index in [1.165, 1.54) is 10.3 Å². The molecule has 0 saturated heterocycles. The second-order valence-electron chi connectivity index (χ2n) is 5.72. The lowest BCUT2D eigenvalue weighted by Crippen LogP contribution is -2.11. The summed E-state index contributed by atoms with van der Waals surface area (Å²) in [6.07, 6.45) is 3.39. The number of hydrogen-bond acceptors (Lipinski definition) is 6. The molecule has 0 aliphatic heterocycles. The standard InChI is InChI=1S/C16H16N6S/c1-10-4-5-12-11(6-10)20-13(23-12)7-22-9-19-14-15(21(2)3)17-8-18-16(14)22/h4-6,8-9H,7H2,1-3H3. The third kappa shape index (κ3) is 2.43. The predicted octanol–water partition coefficient (Wildman–Crippen LogP) is 2.86. The van der Waals surface area contributed by atoms with Gasteiger partial charge in [-0.05, 0) is 24.6 Å². The molecule has 7 heteroatoms. The predicted molar refractivity (Wildman–Crippen MR) is 93.1 cm³/mol. The van der Waals surface area contributed by atoms with Crippen molar-refractivity contribution in [1.29, 1.82) is 0 Å². The Labute approximate surface area is 137 Å². The highest BCUT2D eigenvalue weighted by Gasteiger charge is 2.13. The molecule has 0 amide bonds. The lowest BCUT2D eigenvalue weighted by atomic mass is 10.2. The Kier molecular flexibility index (Phi) is 3.23. The van der Waals surface area contributed by atoms with Crippen LogP contribution in [0.4, 0.5) is 5.82 Å². The Morgan fingerprint density at radius 2 is 2.04 bits per heavy atom. The lowest BCUT2D eigenvalue weighted by molar-refractivity contribution is 0.808. The molecule has 0 N–H and O–H groups in total. The van der Waals surface area contributed by atoms with Crippen LogP contribution in [0, 0.1) is 6.92 Å². The number of hydrogen-bond donors (Lipinski definition) is 0. The number of aromatic nitrogens is 5. The maximum Gasteiger partial charge on any atom is 0.165 e. The molecule has 0 unspecified atom stereocenters. The summed E-state index contributed by atoms with van der Waals surface area (Å²) in [4.78, 5) is 19.8. The molecule has 4 rings (SSSR count). The Balaban J connectivity index is 1.75. The Hall–Kier alpha value is -2.54. The van der Waals surface area contributed by atoms with E-state index in [-0.39, 0.29) is 0 Å². The molecule has 0 aliphatic carbocycles. The molecule has 0 radical (unpaired) electrons. The number of benzene rings is 1. The van der Waals surface area contributed by atoms with Crippen molar-refractivity contribution in [1.82, 2.24) is 24.5 Å². The number of fused-ring (bicyclic) bond motifs is 2. The summed E-state index contributed by atoms with van der Waals surface area (Å²) >= 11 is 1.71. The molecule has 0 aliphatic rings. The fourth-order valence-electron chi connectivity index (χ4n) is 2.61. The summed E-state index contributed by atoms with van der Waals surface area (Å²) < 4.78 is 3.23. The molecular weight excluding hydrogens is 308 g/mol. The SMILES string of the molecule is Cc1ccc2sc(Cn3cnc4c(N(C)C)ncnc43)nc2c1. The number of thiazole rings is 1. The number of imidazole rings is 1. The minimum absolute atomic E-state index is 0.665. The molecule has 6 nitrogen and oxygen atoms in total. The van der Waals surface area contributed by atoms with Gasteiger partial charge in [0, 0.05) is 14.1 Å². The molecule has 4 aromatic rings. The van der Waals surface area contributed by atoms with Crippen LogP contribution in [0.3, 0.4) is 0 Å². The van der Waals surface area contributed by atoms with Crippen molar-refractivity contribution in [3.63, 3.8) is 0 Å². The fourth-order valence-corrected chi connectivity index (χ4v) is 3.56. The molecule has 0 spiro atoms. The van der Waals surface area contributed by atoms with E-state index in [2.05, 4.69) is 40.1 Å². The van der Waals surface area contributed by atoms with Gasteiger partial charge in [0.1, 0.15) is 11.3 Å². The molecule has 116 valence electrons. The number of anilines is 1. The van der Waals surface area contributed by atoms with Crippen LogP contribution in [0.25, 0.3) is 21.4 Å². The quantitative estimate of drug-likeness (QED) is 0.580. The molecule has 3 heterocycles. The van der Waals surface area contributed by atoms with E-state index in [4.69, 9.17) is 4.98 Å². The van der Waals surface area contributed by atoms with E-state index >= 15 is 0 Å². The second kappa shape index (κ2) is 5.27. The number of aryl methyl sites for hydroxylation is 1. The minimum atomic E-state index is 0.665. The van der Waals surface area contributed by atoms with Gasteiger partial charge in [0.15, 0.2) is 17.0 Å². The van der Waals surface area contributed by atoms with E-state index in [0.29, 0.717) is 6.54 Å². The highest BCUT2D eigenvalue weighted by molar-refractivity contribution is 7.18. The van der Waals surface area contributed by atoms with Gasteiger partial charge < -0.3 is 9.47 Å². The first kappa shape index (κ1) is 14.1. The summed E-state index contributed by atoms with van der Waals surface area (Å²) in [7, 11) is 3.91. The summed E-state index contributed by atoms with van der Waals surface area (Å²) in [6, 6.07) is 6.37. The summed E-state index contributed by atoms with van der Waals surface area (Å²) in [5.41, 5.74) is 3.93.